The maximum Gasteiger partial charge on any atom is 0.352 e. The van der Waals surface area contributed by atoms with Gasteiger partial charge >= 0.3 is 5.97 Å². The first kappa shape index (κ1) is 17.7. The van der Waals surface area contributed by atoms with E-state index >= 15 is 0 Å². The number of hydrogen-bond acceptors (Lipinski definition) is 9. The number of carbonyl (C=O) groups is 3. The van der Waals surface area contributed by atoms with E-state index in [2.05, 4.69) is 20.8 Å². The molecule has 0 aliphatic carbocycles. The first-order valence-electron chi connectivity index (χ1n) is 7.19. The van der Waals surface area contributed by atoms with Gasteiger partial charge in [-0.2, -0.15) is 0 Å². The molecule has 0 saturated carbocycles. The zero-order chi connectivity index (χ0) is 18.1. The molecular formula is C12H15N7O4S2. The lowest BCUT2D eigenvalue weighted by molar-refractivity contribution is -0.147. The van der Waals surface area contributed by atoms with E-state index in [1.165, 1.54) is 40.2 Å². The summed E-state index contributed by atoms with van der Waals surface area (Å²) in [6, 6.07) is -0.659. The SMILES string of the molecule is CNC(=O)Cn1nnnc1SCC1=C(C(=O)O)N2C(=O)C(N)[C@@H]2SC1. The summed E-state index contributed by atoms with van der Waals surface area (Å²) in [5.41, 5.74) is 6.29. The molecule has 3 heterocycles. The number of rotatable bonds is 6. The summed E-state index contributed by atoms with van der Waals surface area (Å²) in [4.78, 5) is 36.2. The number of hydrogen-bond donors (Lipinski definition) is 3. The van der Waals surface area contributed by atoms with Crippen molar-refractivity contribution in [2.75, 3.05) is 18.6 Å². The predicted molar refractivity (Wildman–Crippen MR) is 88.3 cm³/mol. The van der Waals surface area contributed by atoms with Gasteiger partial charge in [0.25, 0.3) is 0 Å². The lowest BCUT2D eigenvalue weighted by atomic mass is 10.0. The Labute approximate surface area is 150 Å². The van der Waals surface area contributed by atoms with Crippen LogP contribution < -0.4 is 11.1 Å². The van der Waals surface area contributed by atoms with Crippen LogP contribution in [0.1, 0.15) is 0 Å². The molecule has 11 nitrogen and oxygen atoms in total. The van der Waals surface area contributed by atoms with E-state index in [4.69, 9.17) is 5.73 Å². The van der Waals surface area contributed by atoms with Crippen molar-refractivity contribution in [1.82, 2.24) is 30.4 Å². The molecular weight excluding hydrogens is 370 g/mol. The van der Waals surface area contributed by atoms with Crippen molar-refractivity contribution < 1.29 is 19.5 Å². The van der Waals surface area contributed by atoms with E-state index in [0.29, 0.717) is 16.5 Å². The minimum atomic E-state index is -1.16. The Morgan fingerprint density at radius 1 is 1.52 bits per heavy atom. The second-order valence-corrected chi connectivity index (χ2v) is 7.32. The number of carboxylic acid groups (broad SMARTS) is 1. The number of carboxylic acids is 1. The van der Waals surface area contributed by atoms with Gasteiger partial charge in [0.2, 0.25) is 17.0 Å². The molecule has 2 amide bonds. The highest BCUT2D eigenvalue weighted by Crippen LogP contribution is 2.40. The van der Waals surface area contributed by atoms with Crippen LogP contribution in [-0.4, -0.2) is 78.0 Å². The first-order valence-corrected chi connectivity index (χ1v) is 9.22. The maximum absolute atomic E-state index is 11.9. The summed E-state index contributed by atoms with van der Waals surface area (Å²) in [6.07, 6.45) is 0. The van der Waals surface area contributed by atoms with Crippen molar-refractivity contribution in [3.8, 4) is 0 Å². The van der Waals surface area contributed by atoms with Crippen LogP contribution in [-0.2, 0) is 20.9 Å². The first-order chi connectivity index (χ1) is 11.9. The highest BCUT2D eigenvalue weighted by atomic mass is 32.2. The third-order valence-corrected chi connectivity index (χ3v) is 6.14. The fourth-order valence-electron chi connectivity index (χ4n) is 2.46. The molecule has 0 spiro atoms. The monoisotopic (exact) mass is 385 g/mol. The number of carbonyl (C=O) groups excluding carboxylic acids is 2. The minimum Gasteiger partial charge on any atom is -0.477 e. The summed E-state index contributed by atoms with van der Waals surface area (Å²) in [5.74, 6) is -1.06. The molecule has 1 fully saturated rings. The fourth-order valence-corrected chi connectivity index (χ4v) is 4.77. The molecule has 2 atom stereocenters. The molecule has 25 heavy (non-hydrogen) atoms. The van der Waals surface area contributed by atoms with Crippen LogP contribution in [0.3, 0.4) is 0 Å². The number of nitrogens with one attached hydrogen (secondary N) is 1. The number of β-lactam (4-membered cyclic amide) rings is 1. The van der Waals surface area contributed by atoms with E-state index in [0.717, 1.165) is 0 Å². The average Bonchev–Trinajstić information content (AvgIpc) is 3.04. The zero-order valence-corrected chi connectivity index (χ0v) is 14.7. The molecule has 0 bridgehead atoms. The smallest absolute Gasteiger partial charge is 0.352 e. The Morgan fingerprint density at radius 3 is 2.96 bits per heavy atom. The second kappa shape index (κ2) is 7.01. The number of thioether (sulfide) groups is 2. The fraction of sp³-hybridized carbons (Fsp3) is 0.500. The van der Waals surface area contributed by atoms with Crippen molar-refractivity contribution in [3.05, 3.63) is 11.3 Å². The van der Waals surface area contributed by atoms with Crippen molar-refractivity contribution in [1.29, 1.82) is 0 Å². The normalized spacial score (nSPS) is 22.5. The lowest BCUT2D eigenvalue weighted by Gasteiger charge is -2.48. The molecule has 4 N–H and O–H groups in total. The summed E-state index contributed by atoms with van der Waals surface area (Å²) in [5, 5.41) is 23.1. The predicted octanol–water partition coefficient (Wildman–Crippen LogP) is -1.91. The number of likely N-dealkylation sites (N-methyl/N-ethyl adjacent to an activating group) is 1. The Balaban J connectivity index is 1.76. The number of tetrazole rings is 1. The minimum absolute atomic E-state index is 0.0201. The van der Waals surface area contributed by atoms with Gasteiger partial charge in [-0.15, -0.1) is 16.9 Å². The van der Waals surface area contributed by atoms with Crippen molar-refractivity contribution in [2.24, 2.45) is 5.73 Å². The van der Waals surface area contributed by atoms with E-state index in [1.54, 1.807) is 0 Å². The van der Waals surface area contributed by atoms with E-state index in [1.807, 2.05) is 0 Å². The molecule has 13 heteroatoms. The van der Waals surface area contributed by atoms with Crippen LogP contribution in [0.5, 0.6) is 0 Å². The topological polar surface area (TPSA) is 156 Å². The highest BCUT2D eigenvalue weighted by Gasteiger charge is 2.51. The average molecular weight is 385 g/mol. The summed E-state index contributed by atoms with van der Waals surface area (Å²) >= 11 is 2.64. The highest BCUT2D eigenvalue weighted by molar-refractivity contribution is 8.01. The Morgan fingerprint density at radius 2 is 2.28 bits per heavy atom. The van der Waals surface area contributed by atoms with Crippen molar-refractivity contribution >= 4 is 41.3 Å². The summed E-state index contributed by atoms with van der Waals surface area (Å²) < 4.78 is 1.33. The van der Waals surface area contributed by atoms with Crippen LogP contribution >= 0.6 is 23.5 Å². The Hall–Kier alpha value is -2.12. The van der Waals surface area contributed by atoms with Gasteiger partial charge in [0.1, 0.15) is 23.7 Å². The number of fused-ring (bicyclic) bond motifs is 1. The van der Waals surface area contributed by atoms with Crippen molar-refractivity contribution in [2.45, 2.75) is 23.1 Å². The lowest BCUT2D eigenvalue weighted by Crippen LogP contribution is -2.68. The molecule has 1 unspecified atom stereocenters. The summed E-state index contributed by atoms with van der Waals surface area (Å²) in [6.45, 7) is -0.0348. The molecule has 3 rings (SSSR count). The van der Waals surface area contributed by atoms with Gasteiger partial charge < -0.3 is 16.2 Å². The third kappa shape index (κ3) is 3.21. The Kier molecular flexibility index (Phi) is 4.96. The summed E-state index contributed by atoms with van der Waals surface area (Å²) in [7, 11) is 1.51. The van der Waals surface area contributed by atoms with Gasteiger partial charge in [0.05, 0.1) is 0 Å². The molecule has 0 aromatic carbocycles. The number of nitrogens with zero attached hydrogens (tertiary/aromatic N) is 5. The number of aromatic nitrogens is 4. The molecule has 1 aromatic heterocycles. The van der Waals surface area contributed by atoms with Crippen LogP contribution in [0.4, 0.5) is 0 Å². The van der Waals surface area contributed by atoms with Crippen LogP contribution in [0.25, 0.3) is 0 Å². The molecule has 134 valence electrons. The second-order valence-electron chi connectivity index (χ2n) is 5.27. The Bertz CT molecular complexity index is 764. The molecule has 0 radical (unpaired) electrons. The number of amides is 2. The van der Waals surface area contributed by atoms with Crippen LogP contribution in [0.2, 0.25) is 0 Å². The van der Waals surface area contributed by atoms with Gasteiger partial charge in [-0.3, -0.25) is 14.5 Å². The molecule has 1 saturated heterocycles. The maximum atomic E-state index is 11.9. The third-order valence-electron chi connectivity index (χ3n) is 3.74. The van der Waals surface area contributed by atoms with Gasteiger partial charge in [-0.25, -0.2) is 9.48 Å². The quantitative estimate of drug-likeness (QED) is 0.373. The molecule has 2 aliphatic heterocycles. The van der Waals surface area contributed by atoms with E-state index < -0.39 is 12.0 Å². The van der Waals surface area contributed by atoms with Gasteiger partial charge in [0.15, 0.2) is 0 Å². The van der Waals surface area contributed by atoms with E-state index in [-0.39, 0.29) is 35.2 Å². The van der Waals surface area contributed by atoms with Gasteiger partial charge in [-0.05, 0) is 16.0 Å². The molecule has 1 aromatic rings. The number of nitrogens with two attached hydrogens (primary N) is 1. The van der Waals surface area contributed by atoms with Crippen LogP contribution in [0, 0.1) is 0 Å². The number of aliphatic carboxylic acids is 1. The van der Waals surface area contributed by atoms with E-state index in [9.17, 15) is 19.5 Å². The van der Waals surface area contributed by atoms with Gasteiger partial charge in [-0.1, -0.05) is 11.8 Å². The van der Waals surface area contributed by atoms with Crippen LogP contribution in [0.15, 0.2) is 16.4 Å². The van der Waals surface area contributed by atoms with Crippen molar-refractivity contribution in [3.63, 3.8) is 0 Å². The zero-order valence-electron chi connectivity index (χ0n) is 13.1. The van der Waals surface area contributed by atoms with Gasteiger partial charge in [0, 0.05) is 18.6 Å². The molecule has 2 aliphatic rings. The largest absolute Gasteiger partial charge is 0.477 e. The standard InChI is InChI=1S/C12H15N7O4S2/c1-14-6(20)2-18-12(15-16-17-18)25-4-5-3-24-10-7(13)9(21)19(10)8(5)11(22)23/h7,10H,2-4,13H2,1H3,(H,14,20)(H,22,23)/t7?,10-/m0/s1.